The van der Waals surface area contributed by atoms with Crippen molar-refractivity contribution in [3.05, 3.63) is 68.5 Å². The summed E-state index contributed by atoms with van der Waals surface area (Å²) >= 11 is 9.51. The fraction of sp³-hybridized carbons (Fsp3) is 0.261. The number of anilines is 1. The van der Waals surface area contributed by atoms with Gasteiger partial charge in [-0.25, -0.2) is 18.1 Å². The molecule has 186 valence electrons. The van der Waals surface area contributed by atoms with Gasteiger partial charge in [-0.2, -0.15) is 10.4 Å². The van der Waals surface area contributed by atoms with E-state index in [-0.39, 0.29) is 44.9 Å². The average molecular weight is 592 g/mol. The van der Waals surface area contributed by atoms with E-state index in [1.165, 1.54) is 23.0 Å². The van der Waals surface area contributed by atoms with Gasteiger partial charge < -0.3 is 10.6 Å². The molecule has 36 heavy (non-hydrogen) atoms. The third kappa shape index (κ3) is 5.00. The van der Waals surface area contributed by atoms with Gasteiger partial charge in [0.25, 0.3) is 11.8 Å². The Morgan fingerprint density at radius 2 is 2.00 bits per heavy atom. The van der Waals surface area contributed by atoms with Gasteiger partial charge in [-0.15, -0.1) is 0 Å². The van der Waals surface area contributed by atoms with E-state index in [4.69, 9.17) is 11.6 Å². The smallest absolute Gasteiger partial charge is 0.274 e. The third-order valence-electron chi connectivity index (χ3n) is 5.85. The zero-order valence-electron chi connectivity index (χ0n) is 19.2. The van der Waals surface area contributed by atoms with Gasteiger partial charge in [-0.05, 0) is 59.1 Å². The summed E-state index contributed by atoms with van der Waals surface area (Å²) in [5.41, 5.74) is 0.106. The second-order valence-electron chi connectivity index (χ2n) is 8.47. The number of nitrogens with one attached hydrogen (secondary N) is 2. The average Bonchev–Trinajstić information content (AvgIpc) is 3.20. The van der Waals surface area contributed by atoms with Gasteiger partial charge in [0.15, 0.2) is 15.7 Å². The SMILES string of the molecule is CCC1(NC(=O)c2cc(C#N)cc(C)c2NC(=O)c2cc(Br)nn2-c2ncccc2Cl)CS(=O)(=O)C1. The van der Waals surface area contributed by atoms with Gasteiger partial charge in [0.2, 0.25) is 0 Å². The topological polar surface area (TPSA) is 147 Å². The molecule has 1 saturated heterocycles. The number of pyridine rings is 1. The Bertz CT molecular complexity index is 1530. The van der Waals surface area contributed by atoms with Crippen LogP contribution in [-0.2, 0) is 9.84 Å². The van der Waals surface area contributed by atoms with Crippen LogP contribution in [0.5, 0.6) is 0 Å². The Labute approximate surface area is 220 Å². The Morgan fingerprint density at radius 3 is 2.61 bits per heavy atom. The number of nitriles is 1. The molecular weight excluding hydrogens is 572 g/mol. The van der Waals surface area contributed by atoms with Crippen LogP contribution in [0, 0.1) is 18.3 Å². The first-order valence-corrected chi connectivity index (χ1v) is 13.7. The van der Waals surface area contributed by atoms with Crippen molar-refractivity contribution in [2.45, 2.75) is 25.8 Å². The fourth-order valence-corrected chi connectivity index (χ4v) is 6.78. The number of aryl methyl sites for hydroxylation is 1. The molecule has 3 aromatic rings. The lowest BCUT2D eigenvalue weighted by molar-refractivity contribution is 0.0909. The van der Waals surface area contributed by atoms with Crippen LogP contribution in [0.3, 0.4) is 0 Å². The summed E-state index contributed by atoms with van der Waals surface area (Å²) in [4.78, 5) is 30.9. The monoisotopic (exact) mass is 590 g/mol. The largest absolute Gasteiger partial charge is 0.344 e. The summed E-state index contributed by atoms with van der Waals surface area (Å²) in [7, 11) is -3.22. The van der Waals surface area contributed by atoms with Gasteiger partial charge in [-0.1, -0.05) is 18.5 Å². The Morgan fingerprint density at radius 1 is 1.28 bits per heavy atom. The van der Waals surface area contributed by atoms with Crippen molar-refractivity contribution in [2.75, 3.05) is 16.8 Å². The number of halogens is 2. The molecule has 0 saturated carbocycles. The number of sulfone groups is 1. The molecule has 2 amide bonds. The molecule has 2 aromatic heterocycles. The van der Waals surface area contributed by atoms with E-state index in [0.717, 1.165) is 0 Å². The molecule has 10 nitrogen and oxygen atoms in total. The van der Waals surface area contributed by atoms with Crippen LogP contribution in [0.15, 0.2) is 41.1 Å². The Hall–Kier alpha value is -3.27. The van der Waals surface area contributed by atoms with E-state index in [9.17, 15) is 23.3 Å². The van der Waals surface area contributed by atoms with Crippen LogP contribution >= 0.6 is 27.5 Å². The highest BCUT2D eigenvalue weighted by molar-refractivity contribution is 9.10. The van der Waals surface area contributed by atoms with Gasteiger partial charge in [0, 0.05) is 12.3 Å². The number of aromatic nitrogens is 3. The van der Waals surface area contributed by atoms with E-state index in [1.807, 2.05) is 6.07 Å². The van der Waals surface area contributed by atoms with Crippen molar-refractivity contribution in [1.82, 2.24) is 20.1 Å². The van der Waals surface area contributed by atoms with Crippen LogP contribution in [0.4, 0.5) is 5.69 Å². The van der Waals surface area contributed by atoms with Crippen molar-refractivity contribution in [3.8, 4) is 11.9 Å². The summed E-state index contributed by atoms with van der Waals surface area (Å²) in [5.74, 6) is -1.30. The molecule has 0 radical (unpaired) electrons. The molecule has 0 aliphatic carbocycles. The highest BCUT2D eigenvalue weighted by Crippen LogP contribution is 2.30. The highest BCUT2D eigenvalue weighted by atomic mass is 79.9. The number of benzene rings is 1. The Balaban J connectivity index is 1.71. The zero-order chi connectivity index (χ0) is 26.3. The normalized spacial score (nSPS) is 15.4. The Kier molecular flexibility index (Phi) is 6.92. The number of nitrogens with zero attached hydrogens (tertiary/aromatic N) is 4. The van der Waals surface area contributed by atoms with Crippen molar-refractivity contribution >= 4 is 54.9 Å². The molecule has 0 spiro atoms. The summed E-state index contributed by atoms with van der Waals surface area (Å²) in [6, 6.07) is 9.63. The summed E-state index contributed by atoms with van der Waals surface area (Å²) in [6.07, 6.45) is 1.92. The van der Waals surface area contributed by atoms with Crippen molar-refractivity contribution < 1.29 is 18.0 Å². The molecule has 0 bridgehead atoms. The van der Waals surface area contributed by atoms with Gasteiger partial charge in [0.05, 0.1) is 45.0 Å². The van der Waals surface area contributed by atoms with Crippen LogP contribution < -0.4 is 10.6 Å². The second kappa shape index (κ2) is 9.65. The van der Waals surface area contributed by atoms with E-state index in [0.29, 0.717) is 16.6 Å². The first kappa shape index (κ1) is 25.8. The lowest BCUT2D eigenvalue weighted by Gasteiger charge is -2.41. The maximum atomic E-state index is 13.4. The minimum absolute atomic E-state index is 0.0398. The molecule has 1 aliphatic heterocycles. The van der Waals surface area contributed by atoms with Crippen LogP contribution in [0.25, 0.3) is 5.82 Å². The van der Waals surface area contributed by atoms with Crippen LogP contribution in [0.1, 0.15) is 45.3 Å². The highest BCUT2D eigenvalue weighted by Gasteiger charge is 2.48. The molecule has 13 heteroatoms. The molecule has 1 aromatic carbocycles. The number of hydrogen-bond donors (Lipinski definition) is 2. The fourth-order valence-electron chi connectivity index (χ4n) is 4.06. The maximum Gasteiger partial charge on any atom is 0.274 e. The third-order valence-corrected chi connectivity index (χ3v) is 8.51. The molecule has 1 aliphatic rings. The second-order valence-corrected chi connectivity index (χ2v) is 11.8. The molecule has 3 heterocycles. The number of carbonyl (C=O) groups excluding carboxylic acids is 2. The molecule has 4 rings (SSSR count). The van der Waals surface area contributed by atoms with Crippen molar-refractivity contribution in [2.24, 2.45) is 0 Å². The lowest BCUT2D eigenvalue weighted by Crippen LogP contribution is -2.65. The van der Waals surface area contributed by atoms with E-state index in [1.54, 1.807) is 32.0 Å². The van der Waals surface area contributed by atoms with Crippen LogP contribution in [0.2, 0.25) is 5.02 Å². The van der Waals surface area contributed by atoms with Crippen molar-refractivity contribution in [3.63, 3.8) is 0 Å². The predicted octanol–water partition coefficient (Wildman–Crippen LogP) is 3.42. The standard InChI is InChI=1S/C23H20BrClN6O4S/c1-3-23(11-36(34,35)12-23)29-21(32)15-8-14(10-26)7-13(2)19(15)28-22(33)17-9-18(24)30-31(17)20-16(25)5-4-6-27-20/h4-9H,3,11-12H2,1-2H3,(H,28,33)(H,29,32). The van der Waals surface area contributed by atoms with Gasteiger partial charge in [-0.3, -0.25) is 9.59 Å². The number of amides is 2. The maximum absolute atomic E-state index is 13.4. The summed E-state index contributed by atoms with van der Waals surface area (Å²) in [5, 5.41) is 19.5. The van der Waals surface area contributed by atoms with E-state index < -0.39 is 27.2 Å². The van der Waals surface area contributed by atoms with Crippen molar-refractivity contribution in [1.29, 1.82) is 5.26 Å². The molecule has 0 unspecified atom stereocenters. The summed E-state index contributed by atoms with van der Waals surface area (Å²) < 4.78 is 25.2. The van der Waals surface area contributed by atoms with Gasteiger partial charge >= 0.3 is 0 Å². The quantitative estimate of drug-likeness (QED) is 0.446. The number of hydrogen-bond acceptors (Lipinski definition) is 7. The minimum Gasteiger partial charge on any atom is -0.344 e. The zero-order valence-corrected chi connectivity index (χ0v) is 22.3. The number of carbonyl (C=O) groups is 2. The van der Waals surface area contributed by atoms with Gasteiger partial charge in [0.1, 0.15) is 10.3 Å². The number of rotatable bonds is 6. The first-order chi connectivity index (χ1) is 17.0. The lowest BCUT2D eigenvalue weighted by atomic mass is 9.97. The molecule has 0 atom stereocenters. The van der Waals surface area contributed by atoms with E-state index in [2.05, 4.69) is 36.6 Å². The first-order valence-electron chi connectivity index (χ1n) is 10.7. The molecule has 2 N–H and O–H groups in total. The van der Waals surface area contributed by atoms with Crippen LogP contribution in [-0.4, -0.2) is 52.0 Å². The van der Waals surface area contributed by atoms with E-state index >= 15 is 0 Å². The molecular formula is C23H20BrClN6O4S. The summed E-state index contributed by atoms with van der Waals surface area (Å²) in [6.45, 7) is 3.44. The predicted molar refractivity (Wildman–Crippen MR) is 137 cm³/mol. The molecule has 1 fully saturated rings. The minimum atomic E-state index is -3.22.